The van der Waals surface area contributed by atoms with E-state index in [1.165, 1.54) is 0 Å². The van der Waals surface area contributed by atoms with Crippen LogP contribution in [0, 0.1) is 11.8 Å². The lowest BCUT2D eigenvalue weighted by Gasteiger charge is -2.35. The molecule has 3 atom stereocenters. The van der Waals surface area contributed by atoms with Crippen LogP contribution in [0.25, 0.3) is 0 Å². The number of benzene rings is 2. The monoisotopic (exact) mass is 626 g/mol. The molecular formula is C33H39O10P. The van der Waals surface area contributed by atoms with Gasteiger partial charge in [-0.05, 0) is 55.9 Å². The normalized spacial score (nSPS) is 21.6. The molecule has 236 valence electrons. The van der Waals surface area contributed by atoms with Crippen LogP contribution in [0.1, 0.15) is 65.2 Å². The van der Waals surface area contributed by atoms with Crippen molar-refractivity contribution < 1.29 is 48.7 Å². The number of carbonyl (C=O) groups is 4. The van der Waals surface area contributed by atoms with Crippen LogP contribution in [0.15, 0.2) is 83.0 Å². The van der Waals surface area contributed by atoms with Crippen molar-refractivity contribution in [2.75, 3.05) is 0 Å². The summed E-state index contributed by atoms with van der Waals surface area (Å²) in [6.07, 6.45) is 0.110. The molecule has 0 aliphatic heterocycles. The minimum absolute atomic E-state index is 0.114. The molecule has 10 nitrogen and oxygen atoms in total. The Balaban J connectivity index is 2.35. The maximum absolute atomic E-state index is 14.9. The van der Waals surface area contributed by atoms with Crippen LogP contribution in [-0.2, 0) is 28.3 Å². The summed E-state index contributed by atoms with van der Waals surface area (Å²) in [5.41, 5.74) is -2.02. The minimum atomic E-state index is -3.96. The van der Waals surface area contributed by atoms with Gasteiger partial charge in [-0.2, -0.15) is 0 Å². The summed E-state index contributed by atoms with van der Waals surface area (Å²) >= 11 is 0. The van der Waals surface area contributed by atoms with E-state index in [9.17, 15) is 44.2 Å². The lowest BCUT2D eigenvalue weighted by molar-refractivity contribution is -0.138. The van der Waals surface area contributed by atoms with E-state index in [4.69, 9.17) is 4.52 Å². The van der Waals surface area contributed by atoms with Crippen LogP contribution in [0.3, 0.4) is 0 Å². The van der Waals surface area contributed by atoms with Crippen LogP contribution in [0.2, 0.25) is 0 Å². The fourth-order valence-corrected chi connectivity index (χ4v) is 8.12. The molecular weight excluding hydrogens is 587 g/mol. The van der Waals surface area contributed by atoms with Gasteiger partial charge in [0.2, 0.25) is 0 Å². The van der Waals surface area contributed by atoms with E-state index in [1.54, 1.807) is 60.7 Å². The van der Waals surface area contributed by atoms with Crippen LogP contribution in [0.5, 0.6) is 0 Å². The summed E-state index contributed by atoms with van der Waals surface area (Å²) in [5.74, 6) is -8.63. The third-order valence-corrected chi connectivity index (χ3v) is 10.5. The highest BCUT2D eigenvalue weighted by atomic mass is 31.2. The van der Waals surface area contributed by atoms with E-state index in [1.807, 2.05) is 13.8 Å². The molecule has 0 amide bonds. The van der Waals surface area contributed by atoms with Crippen molar-refractivity contribution in [1.82, 2.24) is 0 Å². The maximum Gasteiger partial charge on any atom is 0.332 e. The average molecular weight is 627 g/mol. The van der Waals surface area contributed by atoms with Gasteiger partial charge in [-0.3, -0.25) is 4.57 Å². The number of hydrogen-bond donors (Lipinski definition) is 4. The van der Waals surface area contributed by atoms with Crippen molar-refractivity contribution in [3.05, 3.63) is 83.0 Å². The first kappa shape index (κ1) is 34.5. The quantitative estimate of drug-likeness (QED) is 0.181. The Morgan fingerprint density at radius 3 is 1.64 bits per heavy atom. The fraction of sp³-hybridized carbons (Fsp3) is 0.394. The van der Waals surface area contributed by atoms with Crippen LogP contribution in [-0.4, -0.2) is 50.4 Å². The second-order valence-corrected chi connectivity index (χ2v) is 13.2. The minimum Gasteiger partial charge on any atom is -0.478 e. The molecule has 2 aromatic rings. The van der Waals surface area contributed by atoms with Gasteiger partial charge in [0.15, 0.2) is 0 Å². The molecule has 3 rings (SSSR count). The van der Waals surface area contributed by atoms with Gasteiger partial charge in [0.1, 0.15) is 0 Å². The van der Waals surface area contributed by atoms with Crippen LogP contribution >= 0.6 is 7.37 Å². The van der Waals surface area contributed by atoms with E-state index >= 15 is 0 Å². The first-order valence-electron chi connectivity index (χ1n) is 14.7. The summed E-state index contributed by atoms with van der Waals surface area (Å²) in [6, 6.07) is 16.6. The Morgan fingerprint density at radius 2 is 1.20 bits per heavy atom. The number of rotatable bonds is 15. The third-order valence-electron chi connectivity index (χ3n) is 7.95. The van der Waals surface area contributed by atoms with Gasteiger partial charge in [-0.1, -0.05) is 75.9 Å². The van der Waals surface area contributed by atoms with E-state index in [0.717, 1.165) is 0 Å². The van der Waals surface area contributed by atoms with Gasteiger partial charge in [-0.15, -0.1) is 0 Å². The first-order chi connectivity index (χ1) is 21.0. The zero-order valence-electron chi connectivity index (χ0n) is 24.8. The second kappa shape index (κ2) is 15.6. The third kappa shape index (κ3) is 7.92. The predicted molar refractivity (Wildman–Crippen MR) is 164 cm³/mol. The molecule has 0 saturated heterocycles. The smallest absolute Gasteiger partial charge is 0.332 e. The lowest BCUT2D eigenvalue weighted by atomic mass is 9.74. The number of carboxylic acid groups (broad SMARTS) is 4. The highest BCUT2D eigenvalue weighted by molar-refractivity contribution is 7.74. The van der Waals surface area contributed by atoms with Crippen molar-refractivity contribution in [1.29, 1.82) is 0 Å². The van der Waals surface area contributed by atoms with Crippen molar-refractivity contribution in [2.45, 2.75) is 71.3 Å². The standard InChI is InChI=1S/C33H39O10P/c1-3-5-13-21-19-25(30(34)35)29(33(40)41)24(20-26(31(36)37)28(21)32(38)39)27(18-6-4-2)43-44(42,22-14-9-7-10-15-22)23-16-11-8-12-17-23/h7-12,14-17,21,24,27H,3-6,13,18-20H2,1-2H3,(H,34,35)(H,36,37)(H,38,39)(H,40,41)/b28-26-,29-25-. The Bertz CT molecular complexity index is 1420. The molecule has 2 aromatic carbocycles. The average Bonchev–Trinajstić information content (AvgIpc) is 2.99. The van der Waals surface area contributed by atoms with Crippen molar-refractivity contribution in [3.8, 4) is 0 Å². The van der Waals surface area contributed by atoms with Gasteiger partial charge >= 0.3 is 23.9 Å². The second-order valence-electron chi connectivity index (χ2n) is 10.9. The molecule has 0 saturated carbocycles. The molecule has 1 aliphatic carbocycles. The lowest BCUT2D eigenvalue weighted by Crippen LogP contribution is -2.36. The molecule has 0 fully saturated rings. The fourth-order valence-electron chi connectivity index (χ4n) is 5.81. The van der Waals surface area contributed by atoms with Gasteiger partial charge in [-0.25, -0.2) is 19.2 Å². The summed E-state index contributed by atoms with van der Waals surface area (Å²) in [7, 11) is -3.96. The van der Waals surface area contributed by atoms with Crippen molar-refractivity contribution >= 4 is 41.9 Å². The van der Waals surface area contributed by atoms with E-state index in [0.29, 0.717) is 36.3 Å². The zero-order valence-corrected chi connectivity index (χ0v) is 25.7. The predicted octanol–water partition coefficient (Wildman–Crippen LogP) is 5.64. The molecule has 0 bridgehead atoms. The summed E-state index contributed by atoms with van der Waals surface area (Å²) in [6.45, 7) is 3.73. The van der Waals surface area contributed by atoms with Gasteiger partial charge < -0.3 is 24.9 Å². The van der Waals surface area contributed by atoms with Crippen LogP contribution in [0.4, 0.5) is 0 Å². The molecule has 3 unspecified atom stereocenters. The molecule has 11 heteroatoms. The Morgan fingerprint density at radius 1 is 0.727 bits per heavy atom. The van der Waals surface area contributed by atoms with Crippen LogP contribution < -0.4 is 10.6 Å². The zero-order chi connectivity index (χ0) is 32.4. The molecule has 4 N–H and O–H groups in total. The Labute approximate surface area is 256 Å². The largest absolute Gasteiger partial charge is 0.478 e. The number of carboxylic acids is 4. The molecule has 0 spiro atoms. The molecule has 0 heterocycles. The van der Waals surface area contributed by atoms with E-state index in [-0.39, 0.29) is 12.8 Å². The number of aliphatic carboxylic acids is 4. The Kier molecular flexibility index (Phi) is 12.3. The first-order valence-corrected chi connectivity index (χ1v) is 16.4. The molecule has 44 heavy (non-hydrogen) atoms. The molecule has 0 radical (unpaired) electrons. The van der Waals surface area contributed by atoms with Gasteiger partial charge in [0.25, 0.3) is 7.37 Å². The molecule has 0 aromatic heterocycles. The van der Waals surface area contributed by atoms with E-state index < -0.39 is 84.3 Å². The van der Waals surface area contributed by atoms with Gasteiger partial charge in [0.05, 0.1) is 17.3 Å². The SMILES string of the molecule is CCCCC1C/C(C(=O)O)=C(/C(=O)O)C(C(CCCC)OP(=O)(c2ccccc2)c2ccccc2)C/C(C(=O)O)=C\1C(=O)O. The summed E-state index contributed by atoms with van der Waals surface area (Å²) in [4.78, 5) is 50.8. The maximum atomic E-state index is 14.9. The van der Waals surface area contributed by atoms with Gasteiger partial charge in [0, 0.05) is 27.7 Å². The van der Waals surface area contributed by atoms with Crippen molar-refractivity contribution in [3.63, 3.8) is 0 Å². The number of hydrogen-bond acceptors (Lipinski definition) is 6. The molecule has 1 aliphatic rings. The highest BCUT2D eigenvalue weighted by Crippen LogP contribution is 2.50. The topological polar surface area (TPSA) is 175 Å². The van der Waals surface area contributed by atoms with E-state index in [2.05, 4.69) is 0 Å². The summed E-state index contributed by atoms with van der Waals surface area (Å²) < 4.78 is 21.4. The highest BCUT2D eigenvalue weighted by Gasteiger charge is 2.44. The summed E-state index contributed by atoms with van der Waals surface area (Å²) in [5, 5.41) is 41.9. The number of unbranched alkanes of at least 4 members (excludes halogenated alkanes) is 2. The Hall–Kier alpha value is -4.01. The van der Waals surface area contributed by atoms with Crippen molar-refractivity contribution in [2.24, 2.45) is 11.8 Å².